The number of hydrogen-bond donors (Lipinski definition) is 1. The van der Waals surface area contributed by atoms with E-state index in [-0.39, 0.29) is 0 Å². The van der Waals surface area contributed by atoms with Crippen molar-refractivity contribution in [1.82, 2.24) is 0 Å². The van der Waals surface area contributed by atoms with Crippen LogP contribution in [-0.2, 0) is 4.79 Å². The lowest BCUT2D eigenvalue weighted by Gasteiger charge is -2.14. The van der Waals surface area contributed by atoms with Crippen LogP contribution in [0.5, 0.6) is 0 Å². The van der Waals surface area contributed by atoms with Crippen LogP contribution in [-0.4, -0.2) is 11.1 Å². The molecule has 10 heavy (non-hydrogen) atoms. The average molecular weight is 140 g/mol. The molecule has 0 aromatic heterocycles. The summed E-state index contributed by atoms with van der Waals surface area (Å²) in [5, 5.41) is 8.56. The third-order valence-electron chi connectivity index (χ3n) is 1.95. The van der Waals surface area contributed by atoms with E-state index in [2.05, 4.69) is 6.92 Å². The highest BCUT2D eigenvalue weighted by molar-refractivity contribution is 5.86. The van der Waals surface area contributed by atoms with Crippen molar-refractivity contribution >= 4 is 5.97 Å². The van der Waals surface area contributed by atoms with E-state index >= 15 is 0 Å². The number of allylic oxidation sites excluding steroid dienone is 1. The minimum absolute atomic E-state index is 0.595. The van der Waals surface area contributed by atoms with E-state index < -0.39 is 5.97 Å². The smallest absolute Gasteiger partial charge is 0.331 e. The molecule has 0 aromatic rings. The number of hydrogen-bond acceptors (Lipinski definition) is 1. The Bertz CT molecular complexity index is 170. The summed E-state index contributed by atoms with van der Waals surface area (Å²) in [4.78, 5) is 10.4. The molecular weight excluding hydrogens is 128 g/mol. The molecular formula is C8H12O2. The monoisotopic (exact) mass is 140 g/mol. The molecule has 0 radical (unpaired) electrons. The zero-order valence-corrected chi connectivity index (χ0v) is 6.13. The normalized spacial score (nSPS) is 25.7. The van der Waals surface area contributed by atoms with Crippen LogP contribution >= 0.6 is 0 Å². The van der Waals surface area contributed by atoms with Crippen molar-refractivity contribution in [2.75, 3.05) is 0 Å². The van der Waals surface area contributed by atoms with Crippen molar-refractivity contribution in [2.45, 2.75) is 26.2 Å². The largest absolute Gasteiger partial charge is 0.478 e. The lowest BCUT2D eigenvalue weighted by atomic mass is 9.91. The molecule has 1 aliphatic carbocycles. The maximum atomic E-state index is 10.4. The first kappa shape index (κ1) is 7.32. The summed E-state index contributed by atoms with van der Waals surface area (Å²) in [5.74, 6) is -0.0741. The Kier molecular flexibility index (Phi) is 2.10. The zero-order chi connectivity index (χ0) is 7.56. The van der Waals surface area contributed by atoms with E-state index in [9.17, 15) is 4.79 Å². The molecule has 1 rings (SSSR count). The topological polar surface area (TPSA) is 37.3 Å². The Hall–Kier alpha value is -0.790. The second-order valence-corrected chi connectivity index (χ2v) is 2.91. The third-order valence-corrected chi connectivity index (χ3v) is 1.95. The quantitative estimate of drug-likeness (QED) is 0.603. The summed E-state index contributed by atoms with van der Waals surface area (Å²) in [6, 6.07) is 0. The van der Waals surface area contributed by atoms with Crippen LogP contribution in [0.4, 0.5) is 0 Å². The fourth-order valence-corrected chi connectivity index (χ4v) is 1.16. The van der Waals surface area contributed by atoms with Crippen molar-refractivity contribution < 1.29 is 9.90 Å². The Morgan fingerprint density at radius 2 is 2.50 bits per heavy atom. The number of carboxylic acids is 1. The maximum Gasteiger partial charge on any atom is 0.331 e. The number of aliphatic carboxylic acids is 1. The van der Waals surface area contributed by atoms with Crippen molar-refractivity contribution in [2.24, 2.45) is 5.92 Å². The predicted octanol–water partition coefficient (Wildman–Crippen LogP) is 1.82. The second-order valence-electron chi connectivity index (χ2n) is 2.91. The summed E-state index contributed by atoms with van der Waals surface area (Å²) in [5.41, 5.74) is 0.595. The van der Waals surface area contributed by atoms with Gasteiger partial charge < -0.3 is 5.11 Å². The molecule has 0 saturated carbocycles. The summed E-state index contributed by atoms with van der Waals surface area (Å²) in [7, 11) is 0. The van der Waals surface area contributed by atoms with E-state index in [4.69, 9.17) is 5.11 Å². The van der Waals surface area contributed by atoms with Gasteiger partial charge in [0.05, 0.1) is 0 Å². The van der Waals surface area contributed by atoms with Crippen LogP contribution in [0, 0.1) is 5.92 Å². The Morgan fingerprint density at radius 1 is 1.80 bits per heavy atom. The molecule has 0 amide bonds. The highest BCUT2D eigenvalue weighted by atomic mass is 16.4. The van der Waals surface area contributed by atoms with Gasteiger partial charge in [0.1, 0.15) is 0 Å². The number of carbonyl (C=O) groups is 1. The first-order valence-electron chi connectivity index (χ1n) is 3.62. The summed E-state index contributed by atoms with van der Waals surface area (Å²) < 4.78 is 0. The zero-order valence-electron chi connectivity index (χ0n) is 6.13. The van der Waals surface area contributed by atoms with Crippen LogP contribution in [0.3, 0.4) is 0 Å². The van der Waals surface area contributed by atoms with Crippen molar-refractivity contribution in [3.63, 3.8) is 0 Å². The van der Waals surface area contributed by atoms with Gasteiger partial charge in [0, 0.05) is 5.57 Å². The standard InChI is InChI=1S/C8H12O2/c1-6-2-4-7(5-3-6)8(9)10/h4,6H,2-3,5H2,1H3,(H,9,10)/t6-/m1/s1. The first-order chi connectivity index (χ1) is 4.70. The molecule has 1 N–H and O–H groups in total. The molecule has 0 fully saturated rings. The van der Waals surface area contributed by atoms with E-state index in [1.54, 1.807) is 0 Å². The molecule has 0 saturated heterocycles. The predicted molar refractivity (Wildman–Crippen MR) is 38.7 cm³/mol. The maximum absolute atomic E-state index is 10.4. The molecule has 0 bridgehead atoms. The van der Waals surface area contributed by atoms with Gasteiger partial charge in [0.15, 0.2) is 0 Å². The number of carboxylic acid groups (broad SMARTS) is 1. The van der Waals surface area contributed by atoms with Gasteiger partial charge in [0.2, 0.25) is 0 Å². The molecule has 1 atom stereocenters. The van der Waals surface area contributed by atoms with Crippen molar-refractivity contribution in [3.05, 3.63) is 11.6 Å². The van der Waals surface area contributed by atoms with E-state index in [0.717, 1.165) is 19.3 Å². The first-order valence-corrected chi connectivity index (χ1v) is 3.62. The highest BCUT2D eigenvalue weighted by Crippen LogP contribution is 2.22. The Morgan fingerprint density at radius 3 is 2.90 bits per heavy atom. The summed E-state index contributed by atoms with van der Waals surface area (Å²) in [6.07, 6.45) is 4.55. The Labute approximate surface area is 60.6 Å². The van der Waals surface area contributed by atoms with Gasteiger partial charge in [-0.1, -0.05) is 13.0 Å². The van der Waals surface area contributed by atoms with Gasteiger partial charge in [-0.15, -0.1) is 0 Å². The van der Waals surface area contributed by atoms with Crippen LogP contribution in [0.1, 0.15) is 26.2 Å². The van der Waals surface area contributed by atoms with E-state index in [0.29, 0.717) is 11.5 Å². The molecule has 0 unspecified atom stereocenters. The molecule has 2 nitrogen and oxygen atoms in total. The average Bonchev–Trinajstić information content (AvgIpc) is 1.88. The fraction of sp³-hybridized carbons (Fsp3) is 0.625. The molecule has 56 valence electrons. The van der Waals surface area contributed by atoms with Crippen LogP contribution in [0.15, 0.2) is 11.6 Å². The van der Waals surface area contributed by atoms with Crippen LogP contribution < -0.4 is 0 Å². The molecule has 0 aromatic carbocycles. The molecule has 2 heteroatoms. The molecule has 0 aliphatic heterocycles. The highest BCUT2D eigenvalue weighted by Gasteiger charge is 2.14. The lowest BCUT2D eigenvalue weighted by Crippen LogP contribution is -2.08. The van der Waals surface area contributed by atoms with Gasteiger partial charge in [-0.25, -0.2) is 4.79 Å². The summed E-state index contributed by atoms with van der Waals surface area (Å²) in [6.45, 7) is 2.15. The van der Waals surface area contributed by atoms with Gasteiger partial charge in [0.25, 0.3) is 0 Å². The van der Waals surface area contributed by atoms with Crippen LogP contribution in [0.2, 0.25) is 0 Å². The SMILES string of the molecule is C[C@@H]1CC=C(C(=O)O)CC1. The minimum Gasteiger partial charge on any atom is -0.478 e. The van der Waals surface area contributed by atoms with Gasteiger partial charge >= 0.3 is 5.97 Å². The summed E-state index contributed by atoms with van der Waals surface area (Å²) >= 11 is 0. The fourth-order valence-electron chi connectivity index (χ4n) is 1.16. The molecule has 0 heterocycles. The van der Waals surface area contributed by atoms with Gasteiger partial charge in [-0.05, 0) is 25.2 Å². The van der Waals surface area contributed by atoms with E-state index in [1.807, 2.05) is 6.08 Å². The van der Waals surface area contributed by atoms with E-state index in [1.165, 1.54) is 0 Å². The lowest BCUT2D eigenvalue weighted by molar-refractivity contribution is -0.132. The second kappa shape index (κ2) is 2.86. The van der Waals surface area contributed by atoms with Gasteiger partial charge in [-0.3, -0.25) is 0 Å². The van der Waals surface area contributed by atoms with Crippen molar-refractivity contribution in [3.8, 4) is 0 Å². The van der Waals surface area contributed by atoms with Crippen molar-refractivity contribution in [1.29, 1.82) is 0 Å². The molecule has 1 aliphatic rings. The third kappa shape index (κ3) is 1.59. The Balaban J connectivity index is 2.56. The minimum atomic E-state index is -0.744. The molecule has 0 spiro atoms. The van der Waals surface area contributed by atoms with Crippen LogP contribution in [0.25, 0.3) is 0 Å². The van der Waals surface area contributed by atoms with Gasteiger partial charge in [-0.2, -0.15) is 0 Å². The number of rotatable bonds is 1.